The highest BCUT2D eigenvalue weighted by Crippen LogP contribution is 2.34. The first kappa shape index (κ1) is 23.3. The van der Waals surface area contributed by atoms with Gasteiger partial charge < -0.3 is 16.0 Å². The Labute approximate surface area is 223 Å². The van der Waals surface area contributed by atoms with Crippen LogP contribution in [0, 0.1) is 5.92 Å². The van der Waals surface area contributed by atoms with Crippen molar-refractivity contribution in [1.82, 2.24) is 29.9 Å². The minimum Gasteiger partial charge on any atom is -0.368 e. The summed E-state index contributed by atoms with van der Waals surface area (Å²) in [4.78, 5) is 7.10. The second-order valence-electron chi connectivity index (χ2n) is 11.1. The number of likely N-dealkylation sites (tertiary alicyclic amines) is 1. The molecule has 2 aromatic carbocycles. The Hall–Kier alpha value is -3.78. The van der Waals surface area contributed by atoms with Crippen LogP contribution in [0.3, 0.4) is 0 Å². The summed E-state index contributed by atoms with van der Waals surface area (Å²) in [6.45, 7) is 3.75. The summed E-state index contributed by atoms with van der Waals surface area (Å²) in [7, 11) is 0. The van der Waals surface area contributed by atoms with Crippen LogP contribution in [-0.4, -0.2) is 49.5 Å². The first-order valence-electron chi connectivity index (χ1n) is 14.0. The number of hydrogen-bond donors (Lipinski definition) is 2. The van der Waals surface area contributed by atoms with E-state index in [1.165, 1.54) is 67.6 Å². The van der Waals surface area contributed by atoms with Crippen LogP contribution in [0.4, 0.5) is 17.6 Å². The molecular formula is C30H34N8. The number of hydrogen-bond acceptors (Lipinski definition) is 7. The van der Waals surface area contributed by atoms with E-state index in [1.807, 2.05) is 6.07 Å². The summed E-state index contributed by atoms with van der Waals surface area (Å²) in [5, 5.41) is 17.0. The molecule has 0 bridgehead atoms. The molecule has 2 aliphatic carbocycles. The third kappa shape index (κ3) is 4.76. The van der Waals surface area contributed by atoms with Crippen molar-refractivity contribution < 1.29 is 0 Å². The molecule has 0 spiro atoms. The van der Waals surface area contributed by atoms with Gasteiger partial charge in [0.2, 0.25) is 11.9 Å². The third-order valence-electron chi connectivity index (χ3n) is 8.31. The fraction of sp³-hybridized carbons (Fsp3) is 0.400. The standard InChI is InChI=1S/C30H34N8/c31-29-33-30(32-25-12-10-21(11-13-25)22-14-16-37(17-15-22)19-20-8-9-20)36-38(29)27-18-24-6-3-5-23-4-1-2-7-26(23)28(24)35-34-27/h1-2,4,7,10-13,18,20,22H,3,5-6,8-9,14-17,19H2,(H3,31,32,33,36). The van der Waals surface area contributed by atoms with E-state index in [2.05, 4.69) is 79.0 Å². The molecule has 2 fully saturated rings. The van der Waals surface area contributed by atoms with Crippen LogP contribution in [-0.2, 0) is 12.8 Å². The molecule has 2 aromatic heterocycles. The Balaban J connectivity index is 1.04. The van der Waals surface area contributed by atoms with Crippen molar-refractivity contribution in [3.05, 3.63) is 71.3 Å². The van der Waals surface area contributed by atoms with E-state index in [0.29, 0.717) is 17.7 Å². The molecule has 0 amide bonds. The van der Waals surface area contributed by atoms with E-state index in [1.54, 1.807) is 4.68 Å². The Kier molecular flexibility index (Phi) is 6.04. The quantitative estimate of drug-likeness (QED) is 0.374. The SMILES string of the molecule is Nc1nc(Nc2ccc(C3CCN(CC4CC4)CC3)cc2)nn1-c1cc2c(nn1)-c1ccccc1CCC2. The van der Waals surface area contributed by atoms with Gasteiger partial charge in [-0.2, -0.15) is 9.67 Å². The van der Waals surface area contributed by atoms with Crippen LogP contribution in [0.15, 0.2) is 54.6 Å². The number of aryl methyl sites for hydroxylation is 2. The molecule has 3 aliphatic rings. The fourth-order valence-electron chi connectivity index (χ4n) is 6.01. The zero-order chi connectivity index (χ0) is 25.5. The Morgan fingerprint density at radius 3 is 2.50 bits per heavy atom. The average molecular weight is 507 g/mol. The van der Waals surface area contributed by atoms with Crippen molar-refractivity contribution in [2.24, 2.45) is 5.92 Å². The highest BCUT2D eigenvalue weighted by Gasteiger charge is 2.27. The molecular weight excluding hydrogens is 472 g/mol. The van der Waals surface area contributed by atoms with Crippen molar-refractivity contribution in [2.75, 3.05) is 30.7 Å². The zero-order valence-electron chi connectivity index (χ0n) is 21.7. The molecule has 4 aromatic rings. The molecule has 0 unspecified atom stereocenters. The topological polar surface area (TPSA) is 97.8 Å². The second kappa shape index (κ2) is 9.83. The normalized spacial score (nSPS) is 18.0. The van der Waals surface area contributed by atoms with E-state index < -0.39 is 0 Å². The summed E-state index contributed by atoms with van der Waals surface area (Å²) < 4.78 is 1.57. The Bertz CT molecular complexity index is 1430. The summed E-state index contributed by atoms with van der Waals surface area (Å²) >= 11 is 0. The number of anilines is 3. The fourth-order valence-corrected chi connectivity index (χ4v) is 6.01. The lowest BCUT2D eigenvalue weighted by Crippen LogP contribution is -2.34. The van der Waals surface area contributed by atoms with Gasteiger partial charge in [-0.1, -0.05) is 36.4 Å². The lowest BCUT2D eigenvalue weighted by atomic mass is 9.89. The maximum Gasteiger partial charge on any atom is 0.248 e. The van der Waals surface area contributed by atoms with E-state index in [-0.39, 0.29) is 5.95 Å². The number of nitrogens with zero attached hydrogens (tertiary/aromatic N) is 6. The van der Waals surface area contributed by atoms with Gasteiger partial charge >= 0.3 is 0 Å². The maximum atomic E-state index is 6.25. The molecule has 38 heavy (non-hydrogen) atoms. The van der Waals surface area contributed by atoms with Crippen molar-refractivity contribution in [3.63, 3.8) is 0 Å². The number of aromatic nitrogens is 5. The molecule has 3 heterocycles. The highest BCUT2D eigenvalue weighted by atomic mass is 15.4. The van der Waals surface area contributed by atoms with Crippen molar-refractivity contribution in [1.29, 1.82) is 0 Å². The second-order valence-corrected chi connectivity index (χ2v) is 11.1. The number of benzene rings is 2. The maximum absolute atomic E-state index is 6.25. The van der Waals surface area contributed by atoms with Gasteiger partial charge in [0.25, 0.3) is 0 Å². The lowest BCUT2D eigenvalue weighted by Gasteiger charge is -2.32. The first-order chi connectivity index (χ1) is 18.7. The number of nitrogens with one attached hydrogen (secondary N) is 1. The summed E-state index contributed by atoms with van der Waals surface area (Å²) in [6, 6.07) is 19.2. The number of piperidine rings is 1. The molecule has 0 atom stereocenters. The van der Waals surface area contributed by atoms with Crippen molar-refractivity contribution in [3.8, 4) is 17.1 Å². The van der Waals surface area contributed by atoms with Crippen LogP contribution in [0.25, 0.3) is 17.1 Å². The number of nitrogens with two attached hydrogens (primary N) is 1. The van der Waals surface area contributed by atoms with Gasteiger partial charge in [-0.15, -0.1) is 15.3 Å². The molecule has 194 valence electrons. The molecule has 1 aliphatic heterocycles. The van der Waals surface area contributed by atoms with Crippen LogP contribution >= 0.6 is 0 Å². The number of rotatable bonds is 6. The summed E-state index contributed by atoms with van der Waals surface area (Å²) in [5.74, 6) is 2.94. The molecule has 7 rings (SSSR count). The van der Waals surface area contributed by atoms with Gasteiger partial charge in [0.15, 0.2) is 5.82 Å². The molecule has 1 saturated carbocycles. The van der Waals surface area contributed by atoms with Crippen LogP contribution in [0.5, 0.6) is 0 Å². The van der Waals surface area contributed by atoms with Gasteiger partial charge in [0.05, 0.1) is 5.69 Å². The minimum atomic E-state index is 0.283. The minimum absolute atomic E-state index is 0.283. The summed E-state index contributed by atoms with van der Waals surface area (Å²) in [5.41, 5.74) is 13.2. The lowest BCUT2D eigenvalue weighted by molar-refractivity contribution is 0.204. The van der Waals surface area contributed by atoms with Crippen LogP contribution < -0.4 is 11.1 Å². The van der Waals surface area contributed by atoms with Crippen molar-refractivity contribution >= 4 is 17.6 Å². The predicted octanol–water partition coefficient (Wildman–Crippen LogP) is 5.13. The smallest absolute Gasteiger partial charge is 0.248 e. The van der Waals surface area contributed by atoms with Gasteiger partial charge in [-0.3, -0.25) is 0 Å². The number of fused-ring (bicyclic) bond motifs is 3. The largest absolute Gasteiger partial charge is 0.368 e. The Morgan fingerprint density at radius 2 is 1.68 bits per heavy atom. The average Bonchev–Trinajstić information content (AvgIpc) is 3.72. The third-order valence-corrected chi connectivity index (χ3v) is 8.31. The van der Waals surface area contributed by atoms with Crippen LogP contribution in [0.2, 0.25) is 0 Å². The highest BCUT2D eigenvalue weighted by molar-refractivity contribution is 5.68. The Morgan fingerprint density at radius 1 is 0.895 bits per heavy atom. The molecule has 3 N–H and O–H groups in total. The molecule has 1 saturated heterocycles. The predicted molar refractivity (Wildman–Crippen MR) is 150 cm³/mol. The summed E-state index contributed by atoms with van der Waals surface area (Å²) in [6.07, 6.45) is 8.42. The van der Waals surface area contributed by atoms with E-state index >= 15 is 0 Å². The van der Waals surface area contributed by atoms with E-state index in [9.17, 15) is 0 Å². The van der Waals surface area contributed by atoms with Crippen molar-refractivity contribution in [2.45, 2.75) is 50.9 Å². The monoisotopic (exact) mass is 506 g/mol. The van der Waals surface area contributed by atoms with Gasteiger partial charge in [0.1, 0.15) is 0 Å². The van der Waals surface area contributed by atoms with Gasteiger partial charge in [0, 0.05) is 17.8 Å². The van der Waals surface area contributed by atoms with Crippen LogP contribution in [0.1, 0.15) is 54.7 Å². The number of nitrogen functional groups attached to an aromatic ring is 1. The van der Waals surface area contributed by atoms with Gasteiger partial charge in [-0.25, -0.2) is 0 Å². The van der Waals surface area contributed by atoms with E-state index in [4.69, 9.17) is 5.73 Å². The zero-order valence-corrected chi connectivity index (χ0v) is 21.7. The molecule has 8 nitrogen and oxygen atoms in total. The molecule has 0 radical (unpaired) electrons. The first-order valence-corrected chi connectivity index (χ1v) is 14.0. The van der Waals surface area contributed by atoms with E-state index in [0.717, 1.165) is 36.6 Å². The molecule has 8 heteroatoms. The van der Waals surface area contributed by atoms with Gasteiger partial charge in [-0.05, 0) is 105 Å².